The van der Waals surface area contributed by atoms with Crippen LogP contribution in [0.3, 0.4) is 0 Å². The molecular formula is C11H22N2O. The standard InChI is InChI=1S/C11H22N2O/c1-11(14-4)7-10-13(3)9-6-5-8-12-2/h5-6,8,11H,7,9-10H2,1-4H3/b6-5+,12-8?. The van der Waals surface area contributed by atoms with Crippen LogP contribution in [-0.2, 0) is 4.74 Å². The molecule has 0 aromatic heterocycles. The molecule has 0 spiro atoms. The van der Waals surface area contributed by atoms with Gasteiger partial charge in [0, 0.05) is 33.5 Å². The van der Waals surface area contributed by atoms with Crippen LogP contribution < -0.4 is 0 Å². The molecule has 0 saturated carbocycles. The summed E-state index contributed by atoms with van der Waals surface area (Å²) in [6.45, 7) is 4.11. The fourth-order valence-corrected chi connectivity index (χ4v) is 0.999. The van der Waals surface area contributed by atoms with Crippen LogP contribution in [0.1, 0.15) is 13.3 Å². The SMILES string of the molecule is CN=C/C=C/CN(C)CCC(C)OC. The second-order valence-corrected chi connectivity index (χ2v) is 3.43. The average Bonchev–Trinajstić information content (AvgIpc) is 2.21. The van der Waals surface area contributed by atoms with Gasteiger partial charge in [0.1, 0.15) is 0 Å². The Balaban J connectivity index is 3.50. The molecule has 0 rings (SSSR count). The van der Waals surface area contributed by atoms with Crippen LogP contribution in [0, 0.1) is 0 Å². The second-order valence-electron chi connectivity index (χ2n) is 3.43. The van der Waals surface area contributed by atoms with Crippen LogP contribution in [0.15, 0.2) is 17.1 Å². The van der Waals surface area contributed by atoms with Gasteiger partial charge in [0.2, 0.25) is 0 Å². The predicted octanol–water partition coefficient (Wildman–Crippen LogP) is 1.60. The summed E-state index contributed by atoms with van der Waals surface area (Å²) in [6.07, 6.45) is 7.29. The van der Waals surface area contributed by atoms with E-state index in [4.69, 9.17) is 4.74 Å². The van der Waals surface area contributed by atoms with E-state index < -0.39 is 0 Å². The maximum Gasteiger partial charge on any atom is 0.0555 e. The van der Waals surface area contributed by atoms with Crippen LogP contribution in [0.5, 0.6) is 0 Å². The van der Waals surface area contributed by atoms with Crippen molar-refractivity contribution >= 4 is 6.21 Å². The number of likely N-dealkylation sites (N-methyl/N-ethyl adjacent to an activating group) is 1. The van der Waals surface area contributed by atoms with E-state index in [9.17, 15) is 0 Å². The third-order valence-electron chi connectivity index (χ3n) is 2.11. The molecular weight excluding hydrogens is 176 g/mol. The molecule has 0 N–H and O–H groups in total. The van der Waals surface area contributed by atoms with Gasteiger partial charge in [-0.25, -0.2) is 0 Å². The van der Waals surface area contributed by atoms with Gasteiger partial charge in [0.25, 0.3) is 0 Å². The molecule has 1 unspecified atom stereocenters. The molecule has 0 radical (unpaired) electrons. The molecule has 0 bridgehead atoms. The molecule has 14 heavy (non-hydrogen) atoms. The zero-order valence-corrected chi connectivity index (χ0v) is 9.73. The molecule has 0 aliphatic rings. The van der Waals surface area contributed by atoms with Crippen molar-refractivity contribution in [2.24, 2.45) is 4.99 Å². The molecule has 3 heteroatoms. The summed E-state index contributed by atoms with van der Waals surface area (Å²) in [5, 5.41) is 0. The molecule has 0 amide bonds. The number of rotatable bonds is 7. The summed E-state index contributed by atoms with van der Waals surface area (Å²) in [5.41, 5.74) is 0. The molecule has 1 atom stereocenters. The first-order valence-corrected chi connectivity index (χ1v) is 4.99. The van der Waals surface area contributed by atoms with Crippen molar-refractivity contribution in [3.8, 4) is 0 Å². The highest BCUT2D eigenvalue weighted by atomic mass is 16.5. The van der Waals surface area contributed by atoms with E-state index in [1.807, 2.05) is 6.08 Å². The van der Waals surface area contributed by atoms with E-state index in [1.54, 1.807) is 20.4 Å². The van der Waals surface area contributed by atoms with Crippen molar-refractivity contribution in [1.29, 1.82) is 0 Å². The molecule has 0 aromatic rings. The van der Waals surface area contributed by atoms with Gasteiger partial charge in [-0.05, 0) is 26.5 Å². The summed E-state index contributed by atoms with van der Waals surface area (Å²) in [6, 6.07) is 0. The average molecular weight is 198 g/mol. The van der Waals surface area contributed by atoms with Crippen molar-refractivity contribution in [2.45, 2.75) is 19.4 Å². The van der Waals surface area contributed by atoms with Crippen molar-refractivity contribution < 1.29 is 4.74 Å². The summed E-state index contributed by atoms with van der Waals surface area (Å²) < 4.78 is 5.18. The van der Waals surface area contributed by atoms with Gasteiger partial charge in [-0.2, -0.15) is 0 Å². The zero-order chi connectivity index (χ0) is 10.8. The number of hydrogen-bond acceptors (Lipinski definition) is 3. The van der Waals surface area contributed by atoms with E-state index in [1.165, 1.54) is 0 Å². The Morgan fingerprint density at radius 1 is 1.50 bits per heavy atom. The molecule has 0 aliphatic carbocycles. The maximum atomic E-state index is 5.18. The second kappa shape index (κ2) is 8.91. The minimum absolute atomic E-state index is 0.346. The largest absolute Gasteiger partial charge is 0.382 e. The van der Waals surface area contributed by atoms with Gasteiger partial charge < -0.3 is 9.64 Å². The van der Waals surface area contributed by atoms with Gasteiger partial charge in [0.15, 0.2) is 0 Å². The normalized spacial score (nSPS) is 14.6. The van der Waals surface area contributed by atoms with Crippen LogP contribution in [-0.4, -0.2) is 51.5 Å². The predicted molar refractivity (Wildman–Crippen MR) is 62.1 cm³/mol. The molecule has 0 aliphatic heterocycles. The number of aliphatic imine (C=N–C) groups is 1. The molecule has 3 nitrogen and oxygen atoms in total. The van der Waals surface area contributed by atoms with Gasteiger partial charge in [-0.15, -0.1) is 0 Å². The van der Waals surface area contributed by atoms with Gasteiger partial charge in [0.05, 0.1) is 6.10 Å². The number of ether oxygens (including phenoxy) is 1. The molecule has 82 valence electrons. The molecule has 0 heterocycles. The Hall–Kier alpha value is -0.670. The fourth-order valence-electron chi connectivity index (χ4n) is 0.999. The lowest BCUT2D eigenvalue weighted by Gasteiger charge is -2.16. The smallest absolute Gasteiger partial charge is 0.0555 e. The van der Waals surface area contributed by atoms with Crippen molar-refractivity contribution in [3.63, 3.8) is 0 Å². The minimum atomic E-state index is 0.346. The lowest BCUT2D eigenvalue weighted by Crippen LogP contribution is -2.23. The summed E-state index contributed by atoms with van der Waals surface area (Å²) in [7, 11) is 5.63. The topological polar surface area (TPSA) is 24.8 Å². The first kappa shape index (κ1) is 13.3. The number of nitrogens with zero attached hydrogens (tertiary/aromatic N) is 2. The highest BCUT2D eigenvalue weighted by Crippen LogP contribution is 1.96. The van der Waals surface area contributed by atoms with E-state index in [-0.39, 0.29) is 0 Å². The fraction of sp³-hybridized carbons (Fsp3) is 0.727. The molecule has 0 fully saturated rings. The van der Waals surface area contributed by atoms with E-state index in [0.717, 1.165) is 19.5 Å². The van der Waals surface area contributed by atoms with E-state index in [2.05, 4.69) is 29.9 Å². The lowest BCUT2D eigenvalue weighted by molar-refractivity contribution is 0.102. The summed E-state index contributed by atoms with van der Waals surface area (Å²) in [5.74, 6) is 0. The third kappa shape index (κ3) is 7.95. The van der Waals surface area contributed by atoms with Crippen LogP contribution in [0.4, 0.5) is 0 Å². The van der Waals surface area contributed by atoms with Crippen molar-refractivity contribution in [1.82, 2.24) is 4.90 Å². The summed E-state index contributed by atoms with van der Waals surface area (Å²) in [4.78, 5) is 6.13. The molecule has 0 aromatic carbocycles. The number of methoxy groups -OCH3 is 1. The first-order chi connectivity index (χ1) is 6.70. The Bertz CT molecular complexity index is 178. The Morgan fingerprint density at radius 2 is 2.21 bits per heavy atom. The molecule has 0 saturated heterocycles. The highest BCUT2D eigenvalue weighted by molar-refractivity contribution is 5.70. The zero-order valence-electron chi connectivity index (χ0n) is 9.73. The first-order valence-electron chi connectivity index (χ1n) is 4.99. The lowest BCUT2D eigenvalue weighted by atomic mass is 10.2. The van der Waals surface area contributed by atoms with Crippen LogP contribution in [0.25, 0.3) is 0 Å². The summed E-state index contributed by atoms with van der Waals surface area (Å²) >= 11 is 0. The van der Waals surface area contributed by atoms with Gasteiger partial charge >= 0.3 is 0 Å². The van der Waals surface area contributed by atoms with E-state index in [0.29, 0.717) is 6.10 Å². The number of hydrogen-bond donors (Lipinski definition) is 0. The maximum absolute atomic E-state index is 5.18. The monoisotopic (exact) mass is 198 g/mol. The minimum Gasteiger partial charge on any atom is -0.382 e. The van der Waals surface area contributed by atoms with E-state index >= 15 is 0 Å². The quantitative estimate of drug-likeness (QED) is 0.580. The van der Waals surface area contributed by atoms with Crippen molar-refractivity contribution in [2.75, 3.05) is 34.3 Å². The third-order valence-corrected chi connectivity index (χ3v) is 2.11. The highest BCUT2D eigenvalue weighted by Gasteiger charge is 2.01. The van der Waals surface area contributed by atoms with Crippen LogP contribution in [0.2, 0.25) is 0 Å². The Kier molecular flexibility index (Phi) is 8.48. The Labute approximate surface area is 87.5 Å². The van der Waals surface area contributed by atoms with Gasteiger partial charge in [-0.3, -0.25) is 4.99 Å². The van der Waals surface area contributed by atoms with Crippen LogP contribution >= 0.6 is 0 Å². The number of allylic oxidation sites excluding steroid dienone is 1. The Morgan fingerprint density at radius 3 is 2.79 bits per heavy atom. The van der Waals surface area contributed by atoms with Gasteiger partial charge in [-0.1, -0.05) is 6.08 Å². The van der Waals surface area contributed by atoms with Crippen molar-refractivity contribution in [3.05, 3.63) is 12.2 Å².